The van der Waals surface area contributed by atoms with Crippen molar-refractivity contribution in [3.05, 3.63) is 11.6 Å². The summed E-state index contributed by atoms with van der Waals surface area (Å²) in [6, 6.07) is 0.246. The van der Waals surface area contributed by atoms with Gasteiger partial charge in [0.25, 0.3) is 0 Å². The van der Waals surface area contributed by atoms with Crippen LogP contribution in [0.1, 0.15) is 52.9 Å². The molecule has 0 radical (unpaired) electrons. The van der Waals surface area contributed by atoms with Gasteiger partial charge in [-0.25, -0.2) is 4.79 Å². The lowest BCUT2D eigenvalue weighted by Crippen LogP contribution is -2.46. The van der Waals surface area contributed by atoms with Gasteiger partial charge in [0, 0.05) is 18.7 Å². The van der Waals surface area contributed by atoms with Gasteiger partial charge in [0.2, 0.25) is 5.91 Å². The monoisotopic (exact) mass is 294 g/mol. The van der Waals surface area contributed by atoms with Crippen LogP contribution < -0.4 is 5.73 Å². The Balaban J connectivity index is 2.06. The molecule has 0 unspecified atom stereocenters. The van der Waals surface area contributed by atoms with Crippen molar-refractivity contribution in [3.63, 3.8) is 0 Å². The van der Waals surface area contributed by atoms with E-state index in [1.165, 1.54) is 6.42 Å². The molecule has 5 nitrogen and oxygen atoms in total. The third-order valence-electron chi connectivity index (χ3n) is 4.47. The lowest BCUT2D eigenvalue weighted by atomic mass is 9.77. The largest absolute Gasteiger partial charge is 0.444 e. The first-order valence-electron chi connectivity index (χ1n) is 7.75. The smallest absolute Gasteiger partial charge is 0.405 e. The molecule has 0 saturated heterocycles. The Labute approximate surface area is 126 Å². The van der Waals surface area contributed by atoms with Gasteiger partial charge in [0.1, 0.15) is 5.60 Å². The quantitative estimate of drug-likeness (QED) is 0.866. The van der Waals surface area contributed by atoms with E-state index in [4.69, 9.17) is 10.5 Å². The van der Waals surface area contributed by atoms with Gasteiger partial charge < -0.3 is 15.4 Å². The first-order chi connectivity index (χ1) is 9.78. The number of carbonyl (C=O) groups is 2. The molecule has 1 fully saturated rings. The number of amides is 2. The van der Waals surface area contributed by atoms with E-state index < -0.39 is 11.7 Å². The predicted molar refractivity (Wildman–Crippen MR) is 80.6 cm³/mol. The summed E-state index contributed by atoms with van der Waals surface area (Å²) in [6.07, 6.45) is 6.16. The van der Waals surface area contributed by atoms with Crippen LogP contribution in [-0.4, -0.2) is 35.1 Å². The number of nitrogens with two attached hydrogens (primary N) is 1. The second-order valence-corrected chi connectivity index (χ2v) is 6.95. The van der Waals surface area contributed by atoms with E-state index in [1.54, 1.807) is 6.08 Å². The highest BCUT2D eigenvalue weighted by Crippen LogP contribution is 2.36. The molecular weight excluding hydrogens is 268 g/mol. The van der Waals surface area contributed by atoms with Gasteiger partial charge in [-0.05, 0) is 51.5 Å². The molecule has 2 aliphatic rings. The molecule has 2 N–H and O–H groups in total. The summed E-state index contributed by atoms with van der Waals surface area (Å²) in [6.45, 7) is 6.50. The lowest BCUT2D eigenvalue weighted by molar-refractivity contribution is -0.129. The van der Waals surface area contributed by atoms with Gasteiger partial charge in [-0.1, -0.05) is 12.8 Å². The number of carbonyl (C=O) groups excluding carboxylic acids is 2. The number of hydrogen-bond acceptors (Lipinski definition) is 3. The van der Waals surface area contributed by atoms with Crippen molar-refractivity contribution in [1.29, 1.82) is 0 Å². The van der Waals surface area contributed by atoms with Crippen LogP contribution in [0.3, 0.4) is 0 Å². The predicted octanol–water partition coefficient (Wildman–Crippen LogP) is 2.60. The molecule has 0 aromatic heterocycles. The van der Waals surface area contributed by atoms with Crippen LogP contribution >= 0.6 is 0 Å². The molecule has 118 valence electrons. The molecule has 0 bridgehead atoms. The second kappa shape index (κ2) is 6.08. The minimum atomic E-state index is -0.734. The minimum Gasteiger partial charge on any atom is -0.444 e. The molecule has 1 aliphatic heterocycles. The van der Waals surface area contributed by atoms with Gasteiger partial charge in [-0.15, -0.1) is 0 Å². The average Bonchev–Trinajstić information content (AvgIpc) is 2.66. The maximum absolute atomic E-state index is 12.1. The van der Waals surface area contributed by atoms with Crippen molar-refractivity contribution in [2.24, 2.45) is 11.7 Å². The van der Waals surface area contributed by atoms with E-state index in [9.17, 15) is 9.59 Å². The summed E-state index contributed by atoms with van der Waals surface area (Å²) in [5, 5.41) is 0. The first-order valence-corrected chi connectivity index (χ1v) is 7.75. The van der Waals surface area contributed by atoms with Crippen LogP contribution in [-0.2, 0) is 9.53 Å². The second-order valence-electron chi connectivity index (χ2n) is 6.95. The van der Waals surface area contributed by atoms with Crippen LogP contribution in [0.5, 0.6) is 0 Å². The van der Waals surface area contributed by atoms with Gasteiger partial charge in [-0.3, -0.25) is 4.79 Å². The molecule has 1 saturated carbocycles. The molecule has 21 heavy (non-hydrogen) atoms. The minimum absolute atomic E-state index is 0.123. The Morgan fingerprint density at radius 2 is 2.10 bits per heavy atom. The highest BCUT2D eigenvalue weighted by Gasteiger charge is 2.38. The van der Waals surface area contributed by atoms with Crippen LogP contribution in [0.25, 0.3) is 0 Å². The fourth-order valence-electron chi connectivity index (χ4n) is 3.75. The Bertz CT molecular complexity index is 456. The fraction of sp³-hybridized carbons (Fsp3) is 0.750. The lowest BCUT2D eigenvalue weighted by Gasteiger charge is -2.41. The van der Waals surface area contributed by atoms with Crippen LogP contribution in [0.15, 0.2) is 11.6 Å². The summed E-state index contributed by atoms with van der Waals surface area (Å²) in [5.41, 5.74) is 5.68. The molecule has 2 atom stereocenters. The zero-order valence-electron chi connectivity index (χ0n) is 13.2. The number of ether oxygens (including phenoxy) is 1. The normalized spacial score (nSPS) is 26.7. The SMILES string of the molecule is CC1=CC(=O)N([C@@H]2CCCC[C@H]2CC(C)(C)OC(N)=O)C1. The number of hydrogen-bond donors (Lipinski definition) is 1. The number of rotatable bonds is 4. The van der Waals surface area contributed by atoms with Crippen LogP contribution in [0.2, 0.25) is 0 Å². The van der Waals surface area contributed by atoms with E-state index in [0.29, 0.717) is 5.92 Å². The van der Waals surface area contributed by atoms with Crippen molar-refractivity contribution >= 4 is 12.0 Å². The van der Waals surface area contributed by atoms with Gasteiger partial charge in [0.05, 0.1) is 0 Å². The molecule has 0 spiro atoms. The van der Waals surface area contributed by atoms with Crippen LogP contribution in [0.4, 0.5) is 4.79 Å². The summed E-state index contributed by atoms with van der Waals surface area (Å²) in [4.78, 5) is 25.1. The number of primary amides is 1. The molecule has 1 heterocycles. The van der Waals surface area contributed by atoms with Gasteiger partial charge in [0.15, 0.2) is 0 Å². The van der Waals surface area contributed by atoms with Crippen molar-refractivity contribution in [2.75, 3.05) is 6.54 Å². The van der Waals surface area contributed by atoms with E-state index in [0.717, 1.165) is 37.8 Å². The summed E-state index contributed by atoms with van der Waals surface area (Å²) >= 11 is 0. The zero-order valence-corrected chi connectivity index (χ0v) is 13.2. The highest BCUT2D eigenvalue weighted by molar-refractivity contribution is 5.91. The fourth-order valence-corrected chi connectivity index (χ4v) is 3.75. The molecule has 5 heteroatoms. The molecule has 0 aromatic carbocycles. The molecule has 2 rings (SSSR count). The highest BCUT2D eigenvalue weighted by atomic mass is 16.6. The molecule has 2 amide bonds. The van der Waals surface area contributed by atoms with Gasteiger partial charge in [-0.2, -0.15) is 0 Å². The number of nitrogens with zero attached hydrogens (tertiary/aromatic N) is 1. The van der Waals surface area contributed by atoms with Crippen molar-refractivity contribution < 1.29 is 14.3 Å². The Morgan fingerprint density at radius 3 is 2.67 bits per heavy atom. The van der Waals surface area contributed by atoms with Gasteiger partial charge >= 0.3 is 6.09 Å². The maximum Gasteiger partial charge on any atom is 0.405 e. The van der Waals surface area contributed by atoms with Crippen molar-refractivity contribution in [1.82, 2.24) is 4.90 Å². The van der Waals surface area contributed by atoms with E-state index >= 15 is 0 Å². The standard InChI is InChI=1S/C16H26N2O3/c1-11-8-14(19)18(10-11)13-7-5-4-6-12(13)9-16(2,3)21-15(17)20/h8,12-13H,4-7,9-10H2,1-3H3,(H2,17,20)/t12-,13+/m0/s1. The summed E-state index contributed by atoms with van der Waals surface area (Å²) in [7, 11) is 0. The topological polar surface area (TPSA) is 72.6 Å². The molecular formula is C16H26N2O3. The Morgan fingerprint density at radius 1 is 1.43 bits per heavy atom. The third kappa shape index (κ3) is 3.99. The Hall–Kier alpha value is -1.52. The van der Waals surface area contributed by atoms with E-state index in [2.05, 4.69) is 0 Å². The summed E-state index contributed by atoms with van der Waals surface area (Å²) < 4.78 is 5.22. The summed E-state index contributed by atoms with van der Waals surface area (Å²) in [5.74, 6) is 0.481. The van der Waals surface area contributed by atoms with E-state index in [1.807, 2.05) is 25.7 Å². The molecule has 1 aliphatic carbocycles. The molecule has 0 aromatic rings. The van der Waals surface area contributed by atoms with Crippen molar-refractivity contribution in [2.45, 2.75) is 64.5 Å². The third-order valence-corrected chi connectivity index (χ3v) is 4.47. The van der Waals surface area contributed by atoms with Crippen LogP contribution in [0, 0.1) is 5.92 Å². The average molecular weight is 294 g/mol. The zero-order chi connectivity index (χ0) is 15.6. The van der Waals surface area contributed by atoms with Crippen molar-refractivity contribution in [3.8, 4) is 0 Å². The van der Waals surface area contributed by atoms with E-state index in [-0.39, 0.29) is 11.9 Å². The first kappa shape index (κ1) is 15.9. The maximum atomic E-state index is 12.1. The Kier molecular flexibility index (Phi) is 4.59.